The molecule has 0 amide bonds. The third-order valence-corrected chi connectivity index (χ3v) is 3.45. The van der Waals surface area contributed by atoms with Crippen LogP contribution in [0.15, 0.2) is 29.5 Å². The van der Waals surface area contributed by atoms with Crippen molar-refractivity contribution < 1.29 is 19.4 Å². The predicted molar refractivity (Wildman–Crippen MR) is 74.5 cm³/mol. The molecule has 0 spiro atoms. The summed E-state index contributed by atoms with van der Waals surface area (Å²) < 4.78 is 10.6. The minimum atomic E-state index is -0.993. The van der Waals surface area contributed by atoms with E-state index in [9.17, 15) is 9.90 Å². The van der Waals surface area contributed by atoms with Gasteiger partial charge in [-0.2, -0.15) is 0 Å². The Morgan fingerprint density at radius 2 is 2.15 bits per heavy atom. The molecule has 2 heterocycles. The third kappa shape index (κ3) is 2.05. The van der Waals surface area contributed by atoms with Gasteiger partial charge < -0.3 is 25.2 Å². The second-order valence-corrected chi connectivity index (χ2v) is 4.90. The van der Waals surface area contributed by atoms with Gasteiger partial charge in [0.05, 0.1) is 11.6 Å². The first-order valence-corrected chi connectivity index (χ1v) is 6.38. The minimum absolute atomic E-state index is 0.178. The molecule has 0 radical (unpaired) electrons. The molecule has 104 valence electrons. The van der Waals surface area contributed by atoms with Crippen LogP contribution in [0.3, 0.4) is 0 Å². The SMILES string of the molecule is CC1=C(C(=O)O)C(c2ccc3c(c2)OCO3)NC(=S)N1. The molecule has 7 heteroatoms. The number of carboxylic acid groups (broad SMARTS) is 1. The number of nitrogens with one attached hydrogen (secondary N) is 2. The average molecular weight is 292 g/mol. The monoisotopic (exact) mass is 292 g/mol. The molecule has 2 aliphatic rings. The molecule has 0 bridgehead atoms. The number of carboxylic acids is 1. The smallest absolute Gasteiger partial charge is 0.335 e. The van der Waals surface area contributed by atoms with Crippen molar-refractivity contribution in [3.05, 3.63) is 35.0 Å². The Labute approximate surface area is 120 Å². The van der Waals surface area contributed by atoms with Crippen molar-refractivity contribution >= 4 is 23.3 Å². The number of carbonyl (C=O) groups is 1. The lowest BCUT2D eigenvalue weighted by Gasteiger charge is -2.29. The minimum Gasteiger partial charge on any atom is -0.478 e. The molecule has 3 rings (SSSR count). The van der Waals surface area contributed by atoms with E-state index in [0.717, 1.165) is 5.56 Å². The van der Waals surface area contributed by atoms with Crippen LogP contribution in [0, 0.1) is 0 Å². The van der Waals surface area contributed by atoms with Crippen molar-refractivity contribution in [3.8, 4) is 11.5 Å². The Morgan fingerprint density at radius 1 is 1.40 bits per heavy atom. The second kappa shape index (κ2) is 4.68. The molecule has 1 aromatic rings. The van der Waals surface area contributed by atoms with E-state index in [1.165, 1.54) is 0 Å². The van der Waals surface area contributed by atoms with Gasteiger partial charge in [-0.1, -0.05) is 6.07 Å². The van der Waals surface area contributed by atoms with Gasteiger partial charge in [-0.05, 0) is 36.8 Å². The van der Waals surface area contributed by atoms with Crippen LogP contribution in [-0.2, 0) is 4.79 Å². The zero-order valence-corrected chi connectivity index (χ0v) is 11.4. The molecule has 1 unspecified atom stereocenters. The zero-order valence-electron chi connectivity index (χ0n) is 10.6. The molecule has 0 saturated carbocycles. The highest BCUT2D eigenvalue weighted by molar-refractivity contribution is 7.80. The summed E-state index contributed by atoms with van der Waals surface area (Å²) in [5.41, 5.74) is 1.52. The Morgan fingerprint density at radius 3 is 2.90 bits per heavy atom. The lowest BCUT2D eigenvalue weighted by Crippen LogP contribution is -2.44. The van der Waals surface area contributed by atoms with Crippen LogP contribution in [0.1, 0.15) is 18.5 Å². The zero-order chi connectivity index (χ0) is 14.3. The number of rotatable bonds is 2. The summed E-state index contributed by atoms with van der Waals surface area (Å²) in [5.74, 6) is 0.270. The van der Waals surface area contributed by atoms with E-state index in [-0.39, 0.29) is 12.4 Å². The molecule has 0 aliphatic carbocycles. The summed E-state index contributed by atoms with van der Waals surface area (Å²) in [6.07, 6.45) is 0. The number of benzene rings is 1. The van der Waals surface area contributed by atoms with Crippen molar-refractivity contribution in [1.82, 2.24) is 10.6 Å². The Hall–Kier alpha value is -2.28. The summed E-state index contributed by atoms with van der Waals surface area (Å²) >= 11 is 5.09. The van der Waals surface area contributed by atoms with E-state index in [1.54, 1.807) is 25.1 Å². The molecule has 20 heavy (non-hydrogen) atoms. The largest absolute Gasteiger partial charge is 0.478 e. The molecule has 0 saturated heterocycles. The summed E-state index contributed by atoms with van der Waals surface area (Å²) in [6, 6.07) is 4.81. The third-order valence-electron chi connectivity index (χ3n) is 3.23. The molecule has 0 aromatic heterocycles. The summed E-state index contributed by atoms with van der Waals surface area (Å²) in [4.78, 5) is 11.5. The van der Waals surface area contributed by atoms with Crippen molar-refractivity contribution in [3.63, 3.8) is 0 Å². The van der Waals surface area contributed by atoms with Crippen molar-refractivity contribution in [2.24, 2.45) is 0 Å². The van der Waals surface area contributed by atoms with Crippen molar-refractivity contribution in [2.75, 3.05) is 6.79 Å². The molecule has 6 nitrogen and oxygen atoms in total. The van der Waals surface area contributed by atoms with Gasteiger partial charge in [-0.25, -0.2) is 4.79 Å². The maximum absolute atomic E-state index is 11.5. The number of fused-ring (bicyclic) bond motifs is 1. The van der Waals surface area contributed by atoms with E-state index in [0.29, 0.717) is 22.3 Å². The fourth-order valence-corrected chi connectivity index (χ4v) is 2.59. The van der Waals surface area contributed by atoms with E-state index in [4.69, 9.17) is 21.7 Å². The van der Waals surface area contributed by atoms with Gasteiger partial charge in [0.1, 0.15) is 0 Å². The van der Waals surface area contributed by atoms with Crippen LogP contribution >= 0.6 is 12.2 Å². The van der Waals surface area contributed by atoms with Crippen LogP contribution in [-0.4, -0.2) is 23.0 Å². The van der Waals surface area contributed by atoms with E-state index in [2.05, 4.69) is 10.6 Å². The predicted octanol–water partition coefficient (Wildman–Crippen LogP) is 1.29. The van der Waals surface area contributed by atoms with Gasteiger partial charge in [-0.15, -0.1) is 0 Å². The van der Waals surface area contributed by atoms with Crippen LogP contribution in [0.25, 0.3) is 0 Å². The molecule has 1 aromatic carbocycles. The van der Waals surface area contributed by atoms with Gasteiger partial charge in [0.2, 0.25) is 6.79 Å². The summed E-state index contributed by atoms with van der Waals surface area (Å²) in [5, 5.41) is 15.6. The van der Waals surface area contributed by atoms with Gasteiger partial charge in [-0.3, -0.25) is 0 Å². The fraction of sp³-hybridized carbons (Fsp3) is 0.231. The number of allylic oxidation sites excluding steroid dienone is 1. The van der Waals surface area contributed by atoms with Crippen LogP contribution < -0.4 is 20.1 Å². The van der Waals surface area contributed by atoms with E-state index < -0.39 is 12.0 Å². The van der Waals surface area contributed by atoms with Crippen LogP contribution in [0.2, 0.25) is 0 Å². The molecule has 1 atom stereocenters. The number of aliphatic carboxylic acids is 1. The fourth-order valence-electron chi connectivity index (χ4n) is 2.32. The molecule has 0 fully saturated rings. The number of ether oxygens (including phenoxy) is 2. The maximum atomic E-state index is 11.5. The van der Waals surface area contributed by atoms with Crippen LogP contribution in [0.5, 0.6) is 11.5 Å². The quantitative estimate of drug-likeness (QED) is 0.709. The second-order valence-electron chi connectivity index (χ2n) is 4.49. The Bertz CT molecular complexity index is 641. The molecule has 3 N–H and O–H groups in total. The standard InChI is InChI=1S/C13H12N2O4S/c1-6-10(12(16)17)11(15-13(20)14-6)7-2-3-8-9(4-7)19-5-18-8/h2-4,11H,5H2,1H3,(H,16,17)(H2,14,15,20). The van der Waals surface area contributed by atoms with Gasteiger partial charge >= 0.3 is 5.97 Å². The Balaban J connectivity index is 2.05. The van der Waals surface area contributed by atoms with Crippen LogP contribution in [0.4, 0.5) is 0 Å². The van der Waals surface area contributed by atoms with E-state index >= 15 is 0 Å². The normalized spacial score (nSPS) is 20.4. The van der Waals surface area contributed by atoms with Gasteiger partial charge in [0, 0.05) is 5.70 Å². The Kier molecular flexibility index (Phi) is 2.98. The molecular formula is C13H12N2O4S. The topological polar surface area (TPSA) is 79.8 Å². The van der Waals surface area contributed by atoms with E-state index in [1.807, 2.05) is 0 Å². The average Bonchev–Trinajstić information content (AvgIpc) is 2.84. The highest BCUT2D eigenvalue weighted by Crippen LogP contribution is 2.36. The highest BCUT2D eigenvalue weighted by Gasteiger charge is 2.30. The lowest BCUT2D eigenvalue weighted by atomic mass is 9.95. The number of hydrogen-bond donors (Lipinski definition) is 3. The summed E-state index contributed by atoms with van der Waals surface area (Å²) in [7, 11) is 0. The highest BCUT2D eigenvalue weighted by atomic mass is 32.1. The van der Waals surface area contributed by atoms with Gasteiger partial charge in [0.15, 0.2) is 16.6 Å². The first-order valence-electron chi connectivity index (χ1n) is 5.97. The molecule has 2 aliphatic heterocycles. The van der Waals surface area contributed by atoms with Crippen molar-refractivity contribution in [1.29, 1.82) is 0 Å². The van der Waals surface area contributed by atoms with Gasteiger partial charge in [0.25, 0.3) is 0 Å². The first-order chi connectivity index (χ1) is 9.56. The van der Waals surface area contributed by atoms with Crippen molar-refractivity contribution in [2.45, 2.75) is 13.0 Å². The maximum Gasteiger partial charge on any atom is 0.335 e. The number of thiocarbonyl (C=S) groups is 1. The first kappa shape index (κ1) is 12.7. The lowest BCUT2D eigenvalue weighted by molar-refractivity contribution is -0.133. The molecular weight excluding hydrogens is 280 g/mol. The summed E-state index contributed by atoms with van der Waals surface area (Å²) in [6.45, 7) is 1.87. The number of hydrogen-bond acceptors (Lipinski definition) is 4.